The van der Waals surface area contributed by atoms with Gasteiger partial charge in [0.05, 0.1) is 6.61 Å². The van der Waals surface area contributed by atoms with Crippen LogP contribution in [-0.2, 0) is 0 Å². The second kappa shape index (κ2) is 3.70. The molecule has 0 aromatic carbocycles. The first-order valence-corrected chi connectivity index (χ1v) is 4.01. The molecule has 0 unspecified atom stereocenters. The van der Waals surface area contributed by atoms with Crippen molar-refractivity contribution >= 4 is 22.6 Å². The van der Waals surface area contributed by atoms with Crippen LogP contribution in [0.5, 0.6) is 6.01 Å². The van der Waals surface area contributed by atoms with E-state index in [2.05, 4.69) is 32.6 Å². The quantitative estimate of drug-likeness (QED) is 0.745. The summed E-state index contributed by atoms with van der Waals surface area (Å²) in [5.74, 6) is 0. The average molecular weight is 250 g/mol. The Labute approximate surface area is 73.0 Å². The minimum atomic E-state index is 0.447. The summed E-state index contributed by atoms with van der Waals surface area (Å²) in [6, 6.07) is 0.447. The highest BCUT2D eigenvalue weighted by Gasteiger charge is 1.92. The third kappa shape index (κ3) is 2.09. The molecule has 0 saturated carbocycles. The smallest absolute Gasteiger partial charge is 0.316 e. The van der Waals surface area contributed by atoms with Crippen LogP contribution in [0.25, 0.3) is 0 Å². The maximum absolute atomic E-state index is 5.04. The summed E-state index contributed by atoms with van der Waals surface area (Å²) in [5.41, 5.74) is 0. The monoisotopic (exact) mass is 250 g/mol. The summed E-state index contributed by atoms with van der Waals surface area (Å²) in [7, 11) is 0. The fraction of sp³-hybridized carbons (Fsp3) is 0.333. The molecule has 0 amide bonds. The van der Waals surface area contributed by atoms with Crippen molar-refractivity contribution in [3.05, 3.63) is 16.0 Å². The van der Waals surface area contributed by atoms with Crippen LogP contribution in [-0.4, -0.2) is 16.6 Å². The fourth-order valence-corrected chi connectivity index (χ4v) is 0.783. The van der Waals surface area contributed by atoms with E-state index in [0.29, 0.717) is 12.6 Å². The summed E-state index contributed by atoms with van der Waals surface area (Å²) >= 11 is 2.14. The first-order valence-electron chi connectivity index (χ1n) is 2.93. The number of rotatable bonds is 2. The molecule has 0 N–H and O–H groups in total. The Morgan fingerprint density at radius 1 is 1.50 bits per heavy atom. The van der Waals surface area contributed by atoms with Gasteiger partial charge in [0, 0.05) is 16.0 Å². The van der Waals surface area contributed by atoms with Crippen LogP contribution in [0.1, 0.15) is 6.92 Å². The van der Waals surface area contributed by atoms with E-state index in [1.54, 1.807) is 12.4 Å². The number of hydrogen-bond donors (Lipinski definition) is 0. The van der Waals surface area contributed by atoms with Crippen molar-refractivity contribution in [2.24, 2.45) is 0 Å². The van der Waals surface area contributed by atoms with Gasteiger partial charge < -0.3 is 4.74 Å². The van der Waals surface area contributed by atoms with E-state index in [1.165, 1.54) is 0 Å². The van der Waals surface area contributed by atoms with Gasteiger partial charge in [-0.25, -0.2) is 9.97 Å². The summed E-state index contributed by atoms with van der Waals surface area (Å²) in [6.07, 6.45) is 3.44. The Morgan fingerprint density at radius 2 is 2.10 bits per heavy atom. The zero-order valence-electron chi connectivity index (χ0n) is 5.54. The molecule has 1 rings (SSSR count). The number of hydrogen-bond acceptors (Lipinski definition) is 3. The van der Waals surface area contributed by atoms with Crippen molar-refractivity contribution in [3.63, 3.8) is 0 Å². The Kier molecular flexibility index (Phi) is 2.85. The molecule has 0 aliphatic carbocycles. The van der Waals surface area contributed by atoms with Crippen molar-refractivity contribution in [1.29, 1.82) is 0 Å². The van der Waals surface area contributed by atoms with Crippen molar-refractivity contribution in [2.45, 2.75) is 6.92 Å². The molecule has 0 atom stereocenters. The Hall–Kier alpha value is -0.390. The van der Waals surface area contributed by atoms with Gasteiger partial charge in [0.2, 0.25) is 0 Å². The molecule has 0 radical (unpaired) electrons. The molecule has 3 nitrogen and oxygen atoms in total. The molecule has 0 fully saturated rings. The third-order valence-electron chi connectivity index (χ3n) is 0.870. The molecule has 54 valence electrons. The van der Waals surface area contributed by atoms with Crippen molar-refractivity contribution in [1.82, 2.24) is 9.97 Å². The van der Waals surface area contributed by atoms with E-state index in [4.69, 9.17) is 4.74 Å². The van der Waals surface area contributed by atoms with E-state index >= 15 is 0 Å². The van der Waals surface area contributed by atoms with E-state index in [9.17, 15) is 0 Å². The van der Waals surface area contributed by atoms with Gasteiger partial charge in [-0.3, -0.25) is 0 Å². The molecule has 1 aromatic heterocycles. The lowest BCUT2D eigenvalue weighted by atomic mass is 10.7. The lowest BCUT2D eigenvalue weighted by Gasteiger charge is -1.97. The molecule has 1 aromatic rings. The van der Waals surface area contributed by atoms with Crippen LogP contribution < -0.4 is 4.74 Å². The highest BCUT2D eigenvalue weighted by molar-refractivity contribution is 14.1. The molecular weight excluding hydrogens is 243 g/mol. The first kappa shape index (κ1) is 7.71. The molecule has 0 aliphatic heterocycles. The summed E-state index contributed by atoms with van der Waals surface area (Å²) in [6.45, 7) is 2.52. The summed E-state index contributed by atoms with van der Waals surface area (Å²) in [4.78, 5) is 7.85. The highest BCUT2D eigenvalue weighted by Crippen LogP contribution is 2.03. The Bertz CT molecular complexity index is 199. The van der Waals surface area contributed by atoms with Gasteiger partial charge >= 0.3 is 6.01 Å². The van der Waals surface area contributed by atoms with Crippen LogP contribution in [0, 0.1) is 3.57 Å². The minimum Gasteiger partial charge on any atom is -0.464 e. The maximum Gasteiger partial charge on any atom is 0.316 e. The minimum absolute atomic E-state index is 0.447. The number of halogens is 1. The highest BCUT2D eigenvalue weighted by atomic mass is 127. The standard InChI is InChI=1S/C6H7IN2O/c1-2-10-6-8-3-5(7)4-9-6/h3-4H,2H2,1H3. The van der Waals surface area contributed by atoms with Gasteiger partial charge in [0.25, 0.3) is 0 Å². The van der Waals surface area contributed by atoms with Gasteiger partial charge in [-0.2, -0.15) is 0 Å². The Balaban J connectivity index is 2.69. The van der Waals surface area contributed by atoms with Crippen molar-refractivity contribution in [3.8, 4) is 6.01 Å². The third-order valence-corrected chi connectivity index (χ3v) is 1.43. The zero-order valence-corrected chi connectivity index (χ0v) is 7.70. The second-order valence-electron chi connectivity index (χ2n) is 1.62. The van der Waals surface area contributed by atoms with Crippen LogP contribution in [0.3, 0.4) is 0 Å². The zero-order chi connectivity index (χ0) is 7.40. The van der Waals surface area contributed by atoms with E-state index < -0.39 is 0 Å². The average Bonchev–Trinajstić information content (AvgIpc) is 1.95. The topological polar surface area (TPSA) is 35.0 Å². The van der Waals surface area contributed by atoms with Gasteiger partial charge in [0.1, 0.15) is 0 Å². The van der Waals surface area contributed by atoms with Gasteiger partial charge in [0.15, 0.2) is 0 Å². The van der Waals surface area contributed by atoms with Gasteiger partial charge in [-0.05, 0) is 29.5 Å². The van der Waals surface area contributed by atoms with E-state index in [0.717, 1.165) is 3.57 Å². The molecule has 1 heterocycles. The SMILES string of the molecule is CCOc1ncc(I)cn1. The molecule has 0 spiro atoms. The van der Waals surface area contributed by atoms with Crippen LogP contribution in [0.15, 0.2) is 12.4 Å². The van der Waals surface area contributed by atoms with Crippen LogP contribution >= 0.6 is 22.6 Å². The predicted octanol–water partition coefficient (Wildman–Crippen LogP) is 1.48. The summed E-state index contributed by atoms with van der Waals surface area (Å²) in [5, 5.41) is 0. The van der Waals surface area contributed by atoms with E-state index in [1.807, 2.05) is 6.92 Å². The molecule has 4 heteroatoms. The maximum atomic E-state index is 5.04. The number of aromatic nitrogens is 2. The van der Waals surface area contributed by atoms with Crippen molar-refractivity contribution in [2.75, 3.05) is 6.61 Å². The molecule has 10 heavy (non-hydrogen) atoms. The summed E-state index contributed by atoms with van der Waals surface area (Å²) < 4.78 is 6.05. The second-order valence-corrected chi connectivity index (χ2v) is 2.86. The van der Waals surface area contributed by atoms with E-state index in [-0.39, 0.29) is 0 Å². The number of ether oxygens (including phenoxy) is 1. The largest absolute Gasteiger partial charge is 0.464 e. The normalized spacial score (nSPS) is 9.40. The first-order chi connectivity index (χ1) is 4.83. The van der Waals surface area contributed by atoms with Crippen molar-refractivity contribution < 1.29 is 4.74 Å². The molecular formula is C6H7IN2O. The Morgan fingerprint density at radius 3 is 2.60 bits per heavy atom. The lowest BCUT2D eigenvalue weighted by Crippen LogP contribution is -1.96. The molecule has 0 aliphatic rings. The van der Waals surface area contributed by atoms with Crippen LogP contribution in [0.2, 0.25) is 0 Å². The number of nitrogens with zero attached hydrogens (tertiary/aromatic N) is 2. The fourth-order valence-electron chi connectivity index (χ4n) is 0.504. The van der Waals surface area contributed by atoms with Gasteiger partial charge in [-0.15, -0.1) is 0 Å². The van der Waals surface area contributed by atoms with Crippen LogP contribution in [0.4, 0.5) is 0 Å². The predicted molar refractivity (Wildman–Crippen MR) is 45.9 cm³/mol. The molecule has 0 bridgehead atoms. The molecule has 0 saturated heterocycles. The lowest BCUT2D eigenvalue weighted by molar-refractivity contribution is 0.312. The van der Waals surface area contributed by atoms with Gasteiger partial charge in [-0.1, -0.05) is 0 Å².